The van der Waals surface area contributed by atoms with Crippen molar-refractivity contribution in [2.45, 2.75) is 30.9 Å². The van der Waals surface area contributed by atoms with Crippen molar-refractivity contribution >= 4 is 22.6 Å². The Bertz CT molecular complexity index is 886. The molecule has 4 atom stereocenters. The fraction of sp³-hybridized carbons (Fsp3) is 0.444. The molecule has 5 aliphatic carbocycles. The molecule has 24 heavy (non-hydrogen) atoms. The number of nitrogens with one attached hydrogen (secondary N) is 2. The SMILES string of the molecule is COC12CC3CC(C1)C(Nc1c(C(N)=O)cnc4[nH]ccc14)C=C32. The number of hydrogen-bond donors (Lipinski definition) is 3. The van der Waals surface area contributed by atoms with Gasteiger partial charge in [0.1, 0.15) is 5.65 Å². The lowest BCUT2D eigenvalue weighted by Gasteiger charge is -2.61. The van der Waals surface area contributed by atoms with Gasteiger partial charge in [0.05, 0.1) is 16.9 Å². The van der Waals surface area contributed by atoms with Crippen molar-refractivity contribution in [1.29, 1.82) is 0 Å². The van der Waals surface area contributed by atoms with Gasteiger partial charge in [0.25, 0.3) is 5.91 Å². The average molecular weight is 324 g/mol. The van der Waals surface area contributed by atoms with Crippen molar-refractivity contribution in [3.63, 3.8) is 0 Å². The molecule has 6 heteroatoms. The van der Waals surface area contributed by atoms with Gasteiger partial charge >= 0.3 is 0 Å². The third kappa shape index (κ3) is 1.69. The van der Waals surface area contributed by atoms with Crippen LogP contribution < -0.4 is 11.1 Å². The molecular weight excluding hydrogens is 304 g/mol. The van der Waals surface area contributed by atoms with Gasteiger partial charge in [-0.15, -0.1) is 0 Å². The molecule has 1 amide bonds. The third-order valence-electron chi connectivity index (χ3n) is 6.14. The van der Waals surface area contributed by atoms with E-state index in [2.05, 4.69) is 21.4 Å². The molecule has 2 aromatic heterocycles. The van der Waals surface area contributed by atoms with E-state index in [9.17, 15) is 4.79 Å². The van der Waals surface area contributed by atoms with E-state index < -0.39 is 5.91 Å². The van der Waals surface area contributed by atoms with Gasteiger partial charge in [0, 0.05) is 30.9 Å². The number of nitrogens with zero attached hydrogens (tertiary/aromatic N) is 1. The first-order valence-electron chi connectivity index (χ1n) is 8.41. The second-order valence-electron chi connectivity index (χ2n) is 7.24. The molecular formula is C18H20N4O2. The van der Waals surface area contributed by atoms with Gasteiger partial charge in [-0.1, -0.05) is 6.08 Å². The Morgan fingerprint density at radius 1 is 1.50 bits per heavy atom. The molecule has 2 aromatic rings. The lowest BCUT2D eigenvalue weighted by atomic mass is 9.49. The number of primary amides is 1. The molecule has 6 nitrogen and oxygen atoms in total. The van der Waals surface area contributed by atoms with Gasteiger partial charge in [0.2, 0.25) is 0 Å². The van der Waals surface area contributed by atoms with Crippen molar-refractivity contribution in [3.05, 3.63) is 35.7 Å². The number of methoxy groups -OCH3 is 1. The summed E-state index contributed by atoms with van der Waals surface area (Å²) < 4.78 is 5.81. The van der Waals surface area contributed by atoms with E-state index >= 15 is 0 Å². The fourth-order valence-electron chi connectivity index (χ4n) is 5.00. The van der Waals surface area contributed by atoms with Crippen LogP contribution >= 0.6 is 0 Å². The highest BCUT2D eigenvalue weighted by atomic mass is 16.5. The van der Waals surface area contributed by atoms with Crippen LogP contribution in [0.2, 0.25) is 0 Å². The highest BCUT2D eigenvalue weighted by molar-refractivity contribution is 6.06. The van der Waals surface area contributed by atoms with Crippen LogP contribution in [0.25, 0.3) is 11.0 Å². The highest BCUT2D eigenvalue weighted by Crippen LogP contribution is 2.61. The maximum atomic E-state index is 11.8. The summed E-state index contributed by atoms with van der Waals surface area (Å²) in [5.74, 6) is 0.740. The Labute approximate surface area is 139 Å². The Morgan fingerprint density at radius 3 is 3.08 bits per heavy atom. The van der Waals surface area contributed by atoms with Gasteiger partial charge in [-0.2, -0.15) is 0 Å². The van der Waals surface area contributed by atoms with E-state index in [1.54, 1.807) is 6.20 Å². The smallest absolute Gasteiger partial charge is 0.252 e. The summed E-state index contributed by atoms with van der Waals surface area (Å²) in [5.41, 5.74) is 8.96. The molecule has 4 unspecified atom stereocenters. The van der Waals surface area contributed by atoms with Gasteiger partial charge in [-0.05, 0) is 42.7 Å². The molecule has 0 radical (unpaired) electrons. The molecule has 7 rings (SSSR count). The zero-order valence-corrected chi connectivity index (χ0v) is 13.5. The first kappa shape index (κ1) is 14.0. The number of rotatable bonds is 4. The third-order valence-corrected chi connectivity index (χ3v) is 6.14. The number of anilines is 1. The number of ether oxygens (including phenoxy) is 1. The number of nitrogens with two attached hydrogens (primary N) is 1. The monoisotopic (exact) mass is 324 g/mol. The minimum Gasteiger partial charge on any atom is -0.377 e. The van der Waals surface area contributed by atoms with E-state index in [0.29, 0.717) is 17.4 Å². The van der Waals surface area contributed by atoms with Crippen molar-refractivity contribution in [2.24, 2.45) is 17.6 Å². The van der Waals surface area contributed by atoms with Gasteiger partial charge < -0.3 is 20.8 Å². The number of pyridine rings is 1. The normalized spacial score (nSPS) is 33.2. The molecule has 0 aromatic carbocycles. The number of carbonyl (C=O) groups excluding carboxylic acids is 1. The Balaban J connectivity index is 1.55. The molecule has 3 saturated carbocycles. The van der Waals surface area contributed by atoms with Crippen LogP contribution in [0.1, 0.15) is 29.6 Å². The van der Waals surface area contributed by atoms with Gasteiger partial charge in [0.15, 0.2) is 0 Å². The van der Waals surface area contributed by atoms with Crippen LogP contribution in [-0.2, 0) is 4.74 Å². The standard InChI is InChI=1S/C18H20N4O2/c1-24-18-6-9-4-10(7-18)14(5-13(9)18)22-15-11-2-3-20-17(11)21-8-12(15)16(19)23/h2-3,5,8-10,14H,4,6-7H2,1H3,(H2,19,23)(H2,20,21,22). The van der Waals surface area contributed by atoms with Crippen LogP contribution in [0.15, 0.2) is 30.1 Å². The van der Waals surface area contributed by atoms with Gasteiger partial charge in [-0.3, -0.25) is 4.79 Å². The average Bonchev–Trinajstić information content (AvgIpc) is 3.06. The first-order valence-corrected chi connectivity index (χ1v) is 8.41. The molecule has 0 spiro atoms. The summed E-state index contributed by atoms with van der Waals surface area (Å²) in [6, 6.07) is 2.14. The number of fused-ring (bicyclic) bond motifs is 2. The van der Waals surface area contributed by atoms with E-state index in [-0.39, 0.29) is 11.6 Å². The number of aromatic amines is 1. The van der Waals surface area contributed by atoms with Crippen LogP contribution in [0.3, 0.4) is 0 Å². The van der Waals surface area contributed by atoms with Crippen LogP contribution in [-0.4, -0.2) is 34.6 Å². The van der Waals surface area contributed by atoms with Crippen molar-refractivity contribution in [1.82, 2.24) is 9.97 Å². The zero-order chi connectivity index (χ0) is 16.5. The van der Waals surface area contributed by atoms with Crippen LogP contribution in [0.5, 0.6) is 0 Å². The van der Waals surface area contributed by atoms with Crippen LogP contribution in [0, 0.1) is 11.8 Å². The predicted octanol–water partition coefficient (Wildman–Crippen LogP) is 2.20. The molecule has 124 valence electrons. The Kier molecular flexibility index (Phi) is 2.69. The topological polar surface area (TPSA) is 93.0 Å². The fourth-order valence-corrected chi connectivity index (χ4v) is 5.00. The number of hydrogen-bond acceptors (Lipinski definition) is 4. The second-order valence-corrected chi connectivity index (χ2v) is 7.24. The Hall–Kier alpha value is -2.34. The molecule has 0 aliphatic heterocycles. The zero-order valence-electron chi connectivity index (χ0n) is 13.5. The lowest BCUT2D eigenvalue weighted by molar-refractivity contribution is -0.106. The summed E-state index contributed by atoms with van der Waals surface area (Å²) in [7, 11) is 1.82. The van der Waals surface area contributed by atoms with Crippen molar-refractivity contribution < 1.29 is 9.53 Å². The van der Waals surface area contributed by atoms with Gasteiger partial charge in [-0.25, -0.2) is 4.98 Å². The van der Waals surface area contributed by atoms with Crippen molar-refractivity contribution in [3.8, 4) is 0 Å². The second kappa shape index (κ2) is 4.60. The summed E-state index contributed by atoms with van der Waals surface area (Å²) in [6.07, 6.45) is 9.10. The van der Waals surface area contributed by atoms with Crippen molar-refractivity contribution in [2.75, 3.05) is 12.4 Å². The van der Waals surface area contributed by atoms with E-state index in [1.165, 1.54) is 12.0 Å². The van der Waals surface area contributed by atoms with Crippen LogP contribution in [0.4, 0.5) is 5.69 Å². The van der Waals surface area contributed by atoms with E-state index in [0.717, 1.165) is 29.6 Å². The number of H-pyrrole nitrogens is 1. The summed E-state index contributed by atoms with van der Waals surface area (Å²) in [4.78, 5) is 19.2. The molecule has 4 N–H and O–H groups in total. The molecule has 4 bridgehead atoms. The molecule has 0 saturated heterocycles. The lowest BCUT2D eigenvalue weighted by Crippen LogP contribution is -2.60. The molecule has 2 heterocycles. The first-order chi connectivity index (χ1) is 11.6. The maximum absolute atomic E-state index is 11.8. The number of amides is 1. The highest BCUT2D eigenvalue weighted by Gasteiger charge is 2.59. The minimum absolute atomic E-state index is 0.0140. The number of aromatic nitrogens is 2. The number of carbonyl (C=O) groups is 1. The largest absolute Gasteiger partial charge is 0.377 e. The molecule has 5 aliphatic rings. The molecule has 3 fully saturated rings. The van der Waals surface area contributed by atoms with E-state index in [4.69, 9.17) is 10.5 Å². The summed E-state index contributed by atoms with van der Waals surface area (Å²) in [6.45, 7) is 0. The predicted molar refractivity (Wildman–Crippen MR) is 90.7 cm³/mol. The quantitative estimate of drug-likeness (QED) is 0.752. The van der Waals surface area contributed by atoms with E-state index in [1.807, 2.05) is 19.4 Å². The summed E-state index contributed by atoms with van der Waals surface area (Å²) in [5, 5.41) is 4.48. The Morgan fingerprint density at radius 2 is 2.38 bits per heavy atom. The summed E-state index contributed by atoms with van der Waals surface area (Å²) >= 11 is 0. The minimum atomic E-state index is -0.460. The maximum Gasteiger partial charge on any atom is 0.252 e.